The number of ether oxygens (including phenoxy) is 1. The molecule has 2 rings (SSSR count). The van der Waals surface area contributed by atoms with Crippen LogP contribution in [0.4, 0.5) is 10.1 Å². The van der Waals surface area contributed by atoms with E-state index in [1.165, 1.54) is 12.1 Å². The van der Waals surface area contributed by atoms with Crippen molar-refractivity contribution >= 4 is 11.6 Å². The lowest BCUT2D eigenvalue weighted by atomic mass is 9.90. The van der Waals surface area contributed by atoms with E-state index in [2.05, 4.69) is 5.32 Å². The van der Waals surface area contributed by atoms with Gasteiger partial charge in [0.15, 0.2) is 0 Å². The molecule has 2 aromatic rings. The molecule has 0 aliphatic carbocycles. The maximum atomic E-state index is 13.0. The Morgan fingerprint density at radius 3 is 2.19 bits per heavy atom. The number of nitrogens with one attached hydrogen (secondary N) is 1. The molecule has 0 spiro atoms. The number of nitrogens with two attached hydrogens (primary N) is 1. The van der Waals surface area contributed by atoms with Crippen LogP contribution < -0.4 is 15.8 Å². The fourth-order valence-electron chi connectivity index (χ4n) is 2.02. The van der Waals surface area contributed by atoms with E-state index >= 15 is 0 Å². The summed E-state index contributed by atoms with van der Waals surface area (Å²) in [5.41, 5.74) is 5.74. The highest BCUT2D eigenvalue weighted by Crippen LogP contribution is 2.27. The third kappa shape index (κ3) is 3.13. The number of halogens is 1. The van der Waals surface area contributed by atoms with Crippen molar-refractivity contribution in [3.8, 4) is 5.75 Å². The molecule has 0 fully saturated rings. The minimum atomic E-state index is -1.11. The number of primary amides is 1. The molecular weight excluding hydrogens is 271 g/mol. The first-order valence-corrected chi connectivity index (χ1v) is 6.44. The number of amides is 1. The van der Waals surface area contributed by atoms with Gasteiger partial charge in [-0.05, 0) is 48.9 Å². The minimum Gasteiger partial charge on any atom is -0.497 e. The van der Waals surface area contributed by atoms with Gasteiger partial charge in [-0.1, -0.05) is 12.1 Å². The van der Waals surface area contributed by atoms with E-state index < -0.39 is 11.4 Å². The van der Waals surface area contributed by atoms with E-state index in [0.29, 0.717) is 17.0 Å². The quantitative estimate of drug-likeness (QED) is 0.889. The van der Waals surface area contributed by atoms with Gasteiger partial charge in [0, 0.05) is 5.69 Å². The molecule has 1 unspecified atom stereocenters. The number of hydrogen-bond donors (Lipinski definition) is 2. The third-order valence-electron chi connectivity index (χ3n) is 3.40. The molecule has 1 amide bonds. The van der Waals surface area contributed by atoms with Crippen LogP contribution in [0, 0.1) is 5.82 Å². The Morgan fingerprint density at radius 1 is 1.14 bits per heavy atom. The lowest BCUT2D eigenvalue weighted by Gasteiger charge is -2.29. The van der Waals surface area contributed by atoms with E-state index in [4.69, 9.17) is 10.5 Å². The molecule has 110 valence electrons. The molecular formula is C16H17FN2O2. The maximum absolute atomic E-state index is 13.0. The second-order valence-electron chi connectivity index (χ2n) is 4.85. The number of benzene rings is 2. The Bertz CT molecular complexity index is 626. The molecule has 3 N–H and O–H groups in total. The molecule has 0 radical (unpaired) electrons. The lowest BCUT2D eigenvalue weighted by molar-refractivity contribution is -0.122. The first kappa shape index (κ1) is 14.8. The van der Waals surface area contributed by atoms with Crippen molar-refractivity contribution in [3.63, 3.8) is 0 Å². The molecule has 0 saturated heterocycles. The first-order valence-electron chi connectivity index (χ1n) is 6.44. The van der Waals surface area contributed by atoms with Gasteiger partial charge >= 0.3 is 0 Å². The average Bonchev–Trinajstić information content (AvgIpc) is 2.49. The molecule has 0 aromatic heterocycles. The topological polar surface area (TPSA) is 64.3 Å². The number of anilines is 1. The zero-order valence-electron chi connectivity index (χ0n) is 11.9. The van der Waals surface area contributed by atoms with Gasteiger partial charge in [0.1, 0.15) is 17.1 Å². The molecule has 0 bridgehead atoms. The van der Waals surface area contributed by atoms with Gasteiger partial charge in [0.05, 0.1) is 7.11 Å². The van der Waals surface area contributed by atoms with Crippen LogP contribution in [-0.2, 0) is 10.3 Å². The fraction of sp³-hybridized carbons (Fsp3) is 0.188. The summed E-state index contributed by atoms with van der Waals surface area (Å²) >= 11 is 0. The van der Waals surface area contributed by atoms with Crippen LogP contribution in [0.1, 0.15) is 12.5 Å². The molecule has 21 heavy (non-hydrogen) atoms. The van der Waals surface area contributed by atoms with Crippen molar-refractivity contribution in [1.29, 1.82) is 0 Å². The second-order valence-corrected chi connectivity index (χ2v) is 4.85. The Hall–Kier alpha value is -2.56. The molecule has 1 atom stereocenters. The van der Waals surface area contributed by atoms with Crippen molar-refractivity contribution in [2.45, 2.75) is 12.5 Å². The van der Waals surface area contributed by atoms with Gasteiger partial charge in [-0.15, -0.1) is 0 Å². The number of methoxy groups -OCH3 is 1. The highest BCUT2D eigenvalue weighted by Gasteiger charge is 2.33. The summed E-state index contributed by atoms with van der Waals surface area (Å²) in [5, 5.41) is 3.05. The van der Waals surface area contributed by atoms with Crippen molar-refractivity contribution in [1.82, 2.24) is 0 Å². The van der Waals surface area contributed by atoms with Crippen molar-refractivity contribution in [2.24, 2.45) is 5.73 Å². The highest BCUT2D eigenvalue weighted by molar-refractivity contribution is 5.89. The zero-order chi connectivity index (χ0) is 15.5. The SMILES string of the molecule is COc1ccc(C(C)(Nc2ccc(F)cc2)C(N)=O)cc1. The maximum Gasteiger partial charge on any atom is 0.247 e. The first-order chi connectivity index (χ1) is 9.95. The van der Waals surface area contributed by atoms with Crippen molar-refractivity contribution < 1.29 is 13.9 Å². The van der Waals surface area contributed by atoms with Crippen LogP contribution >= 0.6 is 0 Å². The molecule has 0 aliphatic rings. The summed E-state index contributed by atoms with van der Waals surface area (Å²) in [4.78, 5) is 11.9. The van der Waals surface area contributed by atoms with Crippen molar-refractivity contribution in [3.05, 3.63) is 59.9 Å². The molecule has 2 aromatic carbocycles. The summed E-state index contributed by atoms with van der Waals surface area (Å²) < 4.78 is 18.0. The summed E-state index contributed by atoms with van der Waals surface area (Å²) in [7, 11) is 1.57. The Kier molecular flexibility index (Phi) is 4.12. The molecule has 0 heterocycles. The smallest absolute Gasteiger partial charge is 0.247 e. The molecule has 4 nitrogen and oxygen atoms in total. The number of rotatable bonds is 5. The number of carbonyl (C=O) groups excluding carboxylic acids is 1. The van der Waals surface area contributed by atoms with Gasteiger partial charge in [-0.2, -0.15) is 0 Å². The van der Waals surface area contributed by atoms with Crippen LogP contribution in [-0.4, -0.2) is 13.0 Å². The highest BCUT2D eigenvalue weighted by atomic mass is 19.1. The normalized spacial score (nSPS) is 13.3. The Morgan fingerprint density at radius 2 is 1.71 bits per heavy atom. The van der Waals surface area contributed by atoms with E-state index in [1.54, 1.807) is 50.4 Å². The lowest BCUT2D eigenvalue weighted by Crippen LogP contribution is -2.45. The molecule has 0 aliphatic heterocycles. The number of carbonyl (C=O) groups is 1. The Balaban J connectivity index is 2.34. The molecule has 5 heteroatoms. The summed E-state index contributed by atoms with van der Waals surface area (Å²) in [5.74, 6) is -0.185. The van der Waals surface area contributed by atoms with E-state index in [0.717, 1.165) is 0 Å². The fourth-order valence-corrected chi connectivity index (χ4v) is 2.02. The van der Waals surface area contributed by atoms with Crippen LogP contribution in [0.5, 0.6) is 5.75 Å². The minimum absolute atomic E-state index is 0.342. The predicted molar refractivity (Wildman–Crippen MR) is 79.6 cm³/mol. The Labute approximate surface area is 122 Å². The average molecular weight is 288 g/mol. The summed E-state index contributed by atoms with van der Waals surface area (Å²) in [6.45, 7) is 1.68. The largest absolute Gasteiger partial charge is 0.497 e. The zero-order valence-corrected chi connectivity index (χ0v) is 11.9. The van der Waals surface area contributed by atoms with E-state index in [9.17, 15) is 9.18 Å². The van der Waals surface area contributed by atoms with Gasteiger partial charge in [-0.25, -0.2) is 4.39 Å². The van der Waals surface area contributed by atoms with Crippen LogP contribution in [0.15, 0.2) is 48.5 Å². The molecule has 0 saturated carbocycles. The third-order valence-corrected chi connectivity index (χ3v) is 3.40. The number of hydrogen-bond acceptors (Lipinski definition) is 3. The van der Waals surface area contributed by atoms with E-state index in [-0.39, 0.29) is 5.82 Å². The second kappa shape index (κ2) is 5.83. The van der Waals surface area contributed by atoms with Gasteiger partial charge in [-0.3, -0.25) is 4.79 Å². The predicted octanol–water partition coefficient (Wildman–Crippen LogP) is 2.65. The summed E-state index contributed by atoms with van der Waals surface area (Å²) in [6.07, 6.45) is 0. The van der Waals surface area contributed by atoms with Gasteiger partial charge < -0.3 is 15.8 Å². The summed E-state index contributed by atoms with van der Waals surface area (Å²) in [6, 6.07) is 12.8. The monoisotopic (exact) mass is 288 g/mol. The van der Waals surface area contributed by atoms with Gasteiger partial charge in [0.25, 0.3) is 0 Å². The van der Waals surface area contributed by atoms with Crippen LogP contribution in [0.25, 0.3) is 0 Å². The van der Waals surface area contributed by atoms with Crippen LogP contribution in [0.3, 0.4) is 0 Å². The standard InChI is InChI=1S/C16H17FN2O2/c1-16(15(18)20,11-3-9-14(21-2)10-4-11)19-13-7-5-12(17)6-8-13/h3-10,19H,1-2H3,(H2,18,20). The van der Waals surface area contributed by atoms with Crippen molar-refractivity contribution in [2.75, 3.05) is 12.4 Å². The van der Waals surface area contributed by atoms with Gasteiger partial charge in [0.2, 0.25) is 5.91 Å². The van der Waals surface area contributed by atoms with E-state index in [1.807, 2.05) is 0 Å². The van der Waals surface area contributed by atoms with Crippen LogP contribution in [0.2, 0.25) is 0 Å².